The first-order chi connectivity index (χ1) is 9.13. The van der Waals surface area contributed by atoms with E-state index in [4.69, 9.17) is 11.5 Å². The van der Waals surface area contributed by atoms with E-state index in [9.17, 15) is 9.59 Å². The zero-order chi connectivity index (χ0) is 13.8. The number of Topliss-reactive ketones (excluding diaryl/α,β-unsaturated/α-hetero) is 1. The van der Waals surface area contributed by atoms with E-state index in [1.54, 1.807) is 6.20 Å². The van der Waals surface area contributed by atoms with Gasteiger partial charge in [0.1, 0.15) is 0 Å². The van der Waals surface area contributed by atoms with Crippen LogP contribution in [0.25, 0.3) is 0 Å². The molecule has 0 spiro atoms. The van der Waals surface area contributed by atoms with Gasteiger partial charge in [-0.15, -0.1) is 0 Å². The van der Waals surface area contributed by atoms with Crippen molar-refractivity contribution in [1.82, 2.24) is 4.90 Å². The highest BCUT2D eigenvalue weighted by Crippen LogP contribution is 2.20. The minimum absolute atomic E-state index is 0.0200. The van der Waals surface area contributed by atoms with Crippen molar-refractivity contribution in [2.24, 2.45) is 11.5 Å². The summed E-state index contributed by atoms with van der Waals surface area (Å²) in [6.07, 6.45) is 2.67. The van der Waals surface area contributed by atoms with Gasteiger partial charge < -0.3 is 16.4 Å². The van der Waals surface area contributed by atoms with E-state index in [1.807, 2.05) is 11.0 Å². The molecule has 0 atom stereocenters. The van der Waals surface area contributed by atoms with Crippen molar-refractivity contribution in [3.8, 4) is 0 Å². The van der Waals surface area contributed by atoms with Crippen LogP contribution in [0.4, 0.5) is 0 Å². The molecule has 0 unspecified atom stereocenters. The molecule has 0 amide bonds. The number of fused-ring (bicyclic) bond motifs is 1. The molecule has 1 aromatic rings. The summed E-state index contributed by atoms with van der Waals surface area (Å²) in [4.78, 5) is 23.4. The van der Waals surface area contributed by atoms with Crippen LogP contribution in [-0.4, -0.2) is 23.5 Å². The Morgan fingerprint density at radius 3 is 2.84 bits per heavy atom. The van der Waals surface area contributed by atoms with Crippen molar-refractivity contribution in [3.05, 3.63) is 46.8 Å². The minimum atomic E-state index is -0.679. The number of carbonyl (C=O) groups excluding carboxylic acids is 2. The van der Waals surface area contributed by atoms with Crippen LogP contribution in [0.5, 0.6) is 0 Å². The molecule has 19 heavy (non-hydrogen) atoms. The molecule has 5 heteroatoms. The molecule has 1 aliphatic heterocycles. The Hall–Kier alpha value is -2.14. The second kappa shape index (κ2) is 5.67. The molecule has 2 rings (SSSR count). The third-order valence-electron chi connectivity index (χ3n) is 3.26. The van der Waals surface area contributed by atoms with Gasteiger partial charge in [0.15, 0.2) is 6.29 Å². The maximum Gasteiger partial charge on any atom is 0.242 e. The number of aldehydes is 1. The van der Waals surface area contributed by atoms with Crippen LogP contribution in [0.3, 0.4) is 0 Å². The molecule has 1 aromatic carbocycles. The average Bonchev–Trinajstić information content (AvgIpc) is 2.45. The zero-order valence-corrected chi connectivity index (χ0v) is 10.6. The van der Waals surface area contributed by atoms with Gasteiger partial charge in [0.2, 0.25) is 5.78 Å². The van der Waals surface area contributed by atoms with E-state index in [2.05, 4.69) is 12.1 Å². The molecule has 0 saturated heterocycles. The first kappa shape index (κ1) is 13.3. The van der Waals surface area contributed by atoms with Gasteiger partial charge in [-0.2, -0.15) is 0 Å². The number of rotatable bonds is 4. The topological polar surface area (TPSA) is 89.4 Å². The second-order valence-corrected chi connectivity index (χ2v) is 4.59. The standard InChI is InChI=1S/C14H17N3O2/c15-6-10-1-2-11-3-4-17(7-12(11)5-10)8-13(16)14(19)9-18/h1-2,5,8-9H,3-4,6-7,15-16H2/b13-8-. The van der Waals surface area contributed by atoms with Gasteiger partial charge in [-0.1, -0.05) is 18.2 Å². The van der Waals surface area contributed by atoms with Crippen LogP contribution in [0.1, 0.15) is 16.7 Å². The smallest absolute Gasteiger partial charge is 0.242 e. The number of allylic oxidation sites excluding steroid dienone is 1. The largest absolute Gasteiger partial charge is 0.394 e. The van der Waals surface area contributed by atoms with Crippen LogP contribution in [0, 0.1) is 0 Å². The molecule has 100 valence electrons. The maximum absolute atomic E-state index is 11.1. The number of hydrogen-bond acceptors (Lipinski definition) is 5. The zero-order valence-electron chi connectivity index (χ0n) is 10.6. The third kappa shape index (κ3) is 3.00. The van der Waals surface area contributed by atoms with Crippen LogP contribution < -0.4 is 11.5 Å². The fourth-order valence-electron chi connectivity index (χ4n) is 2.20. The van der Waals surface area contributed by atoms with E-state index in [1.165, 1.54) is 11.1 Å². The van der Waals surface area contributed by atoms with Crippen molar-refractivity contribution in [3.63, 3.8) is 0 Å². The van der Waals surface area contributed by atoms with Crippen LogP contribution >= 0.6 is 0 Å². The highest BCUT2D eigenvalue weighted by Gasteiger charge is 2.15. The second-order valence-electron chi connectivity index (χ2n) is 4.59. The summed E-state index contributed by atoms with van der Waals surface area (Å²) in [7, 11) is 0. The molecule has 5 nitrogen and oxygen atoms in total. The quantitative estimate of drug-likeness (QED) is 0.454. The van der Waals surface area contributed by atoms with E-state index in [0.717, 1.165) is 18.5 Å². The maximum atomic E-state index is 11.1. The summed E-state index contributed by atoms with van der Waals surface area (Å²) in [6, 6.07) is 6.21. The monoisotopic (exact) mass is 259 g/mol. The lowest BCUT2D eigenvalue weighted by atomic mass is 9.97. The number of benzene rings is 1. The highest BCUT2D eigenvalue weighted by molar-refractivity contribution is 6.32. The van der Waals surface area contributed by atoms with Crippen molar-refractivity contribution in [1.29, 1.82) is 0 Å². The number of carbonyl (C=O) groups is 2. The van der Waals surface area contributed by atoms with Crippen LogP contribution in [-0.2, 0) is 29.1 Å². The summed E-state index contributed by atoms with van der Waals surface area (Å²) < 4.78 is 0. The van der Waals surface area contributed by atoms with E-state index >= 15 is 0 Å². The predicted molar refractivity (Wildman–Crippen MR) is 71.8 cm³/mol. The van der Waals surface area contributed by atoms with E-state index in [0.29, 0.717) is 13.1 Å². The minimum Gasteiger partial charge on any atom is -0.394 e. The normalized spacial score (nSPS) is 15.0. The molecule has 0 aromatic heterocycles. The fraction of sp³-hybridized carbons (Fsp3) is 0.286. The van der Waals surface area contributed by atoms with Crippen molar-refractivity contribution >= 4 is 12.1 Å². The summed E-state index contributed by atoms with van der Waals surface area (Å²) in [5.74, 6) is -0.679. The summed E-state index contributed by atoms with van der Waals surface area (Å²) in [5.41, 5.74) is 14.7. The molecule has 0 fully saturated rings. The van der Waals surface area contributed by atoms with E-state index in [-0.39, 0.29) is 12.0 Å². The Balaban J connectivity index is 2.17. The van der Waals surface area contributed by atoms with Crippen molar-refractivity contribution in [2.75, 3.05) is 6.54 Å². The van der Waals surface area contributed by atoms with E-state index < -0.39 is 5.78 Å². The average molecular weight is 259 g/mol. The molecule has 0 bridgehead atoms. The summed E-state index contributed by atoms with van der Waals surface area (Å²) in [5, 5.41) is 0. The molecule has 0 radical (unpaired) electrons. The van der Waals surface area contributed by atoms with Gasteiger partial charge in [0.25, 0.3) is 0 Å². The van der Waals surface area contributed by atoms with Gasteiger partial charge in [0.05, 0.1) is 5.70 Å². The Morgan fingerprint density at radius 2 is 2.16 bits per heavy atom. The Kier molecular flexibility index (Phi) is 3.97. The lowest BCUT2D eigenvalue weighted by Crippen LogP contribution is -2.28. The summed E-state index contributed by atoms with van der Waals surface area (Å²) in [6.45, 7) is 1.96. The third-order valence-corrected chi connectivity index (χ3v) is 3.26. The fourth-order valence-corrected chi connectivity index (χ4v) is 2.20. The SMILES string of the molecule is NCc1ccc2c(c1)CN(/C=C(\N)C(=O)C=O)CC2. The number of hydrogen-bond donors (Lipinski definition) is 2. The molecule has 1 aliphatic rings. The number of nitrogens with two attached hydrogens (primary N) is 2. The molecule has 4 N–H and O–H groups in total. The Bertz CT molecular complexity index is 537. The number of nitrogens with zero attached hydrogens (tertiary/aromatic N) is 1. The molecule has 1 heterocycles. The van der Waals surface area contributed by atoms with Crippen LogP contribution in [0.2, 0.25) is 0 Å². The summed E-state index contributed by atoms with van der Waals surface area (Å²) >= 11 is 0. The van der Waals surface area contributed by atoms with Gasteiger partial charge in [-0.25, -0.2) is 0 Å². The van der Waals surface area contributed by atoms with Crippen LogP contribution in [0.15, 0.2) is 30.1 Å². The predicted octanol–water partition coefficient (Wildman–Crippen LogP) is 0.0715. The molecule has 0 saturated carbocycles. The lowest BCUT2D eigenvalue weighted by molar-refractivity contribution is -0.127. The first-order valence-corrected chi connectivity index (χ1v) is 6.15. The Morgan fingerprint density at radius 1 is 1.37 bits per heavy atom. The molecular weight excluding hydrogens is 242 g/mol. The van der Waals surface area contributed by atoms with Gasteiger partial charge >= 0.3 is 0 Å². The lowest BCUT2D eigenvalue weighted by Gasteiger charge is -2.28. The number of ketones is 1. The molecule has 0 aliphatic carbocycles. The molecular formula is C14H17N3O2. The Labute approximate surface area is 111 Å². The van der Waals surface area contributed by atoms with Gasteiger partial charge in [-0.05, 0) is 23.1 Å². The first-order valence-electron chi connectivity index (χ1n) is 6.15. The highest BCUT2D eigenvalue weighted by atomic mass is 16.2. The van der Waals surface area contributed by atoms with Gasteiger partial charge in [-0.3, -0.25) is 9.59 Å². The van der Waals surface area contributed by atoms with Gasteiger partial charge in [0, 0.05) is 25.8 Å². The van der Waals surface area contributed by atoms with Crippen molar-refractivity contribution < 1.29 is 9.59 Å². The van der Waals surface area contributed by atoms with Crippen molar-refractivity contribution in [2.45, 2.75) is 19.5 Å².